The van der Waals surface area contributed by atoms with Crippen molar-refractivity contribution in [3.05, 3.63) is 49.1 Å². The quantitative estimate of drug-likeness (QED) is 0.735. The molecule has 2 N–H and O–H groups in total. The summed E-state index contributed by atoms with van der Waals surface area (Å²) in [5.41, 5.74) is 3.03. The SMILES string of the molecule is Cc1ccc(CNC(=O)CCc2c(C)c3c(C)nn(C)c3[nH]c2=O)s1. The molecular weight excluding hydrogens is 336 g/mol. The number of rotatable bonds is 5. The molecule has 0 spiro atoms. The molecule has 6 nitrogen and oxygen atoms in total. The molecule has 0 aliphatic rings. The Labute approximate surface area is 149 Å². The van der Waals surface area contributed by atoms with Crippen molar-refractivity contribution in [3.63, 3.8) is 0 Å². The number of fused-ring (bicyclic) bond motifs is 1. The van der Waals surface area contributed by atoms with Gasteiger partial charge in [-0.15, -0.1) is 11.3 Å². The molecule has 3 heterocycles. The van der Waals surface area contributed by atoms with E-state index in [0.29, 0.717) is 24.9 Å². The second-order valence-electron chi connectivity index (χ2n) is 6.28. The summed E-state index contributed by atoms with van der Waals surface area (Å²) < 4.78 is 1.68. The van der Waals surface area contributed by atoms with Gasteiger partial charge in [-0.3, -0.25) is 14.3 Å². The molecule has 7 heteroatoms. The Morgan fingerprint density at radius 2 is 2.08 bits per heavy atom. The van der Waals surface area contributed by atoms with Gasteiger partial charge >= 0.3 is 0 Å². The summed E-state index contributed by atoms with van der Waals surface area (Å²) >= 11 is 1.68. The molecule has 132 valence electrons. The number of amides is 1. The predicted octanol–water partition coefficient (Wildman–Crippen LogP) is 2.50. The first-order valence-corrected chi connectivity index (χ1v) is 9.05. The van der Waals surface area contributed by atoms with E-state index in [4.69, 9.17) is 0 Å². The second-order valence-corrected chi connectivity index (χ2v) is 7.65. The van der Waals surface area contributed by atoms with Gasteiger partial charge in [0.05, 0.1) is 12.2 Å². The van der Waals surface area contributed by atoms with Crippen LogP contribution in [0.5, 0.6) is 0 Å². The van der Waals surface area contributed by atoms with Crippen LogP contribution in [0.1, 0.15) is 33.0 Å². The Kier molecular flexibility index (Phi) is 4.76. The Balaban J connectivity index is 1.71. The number of nitrogens with one attached hydrogen (secondary N) is 2. The van der Waals surface area contributed by atoms with E-state index < -0.39 is 0 Å². The molecule has 0 aliphatic carbocycles. The van der Waals surface area contributed by atoms with Crippen molar-refractivity contribution in [3.8, 4) is 0 Å². The molecular formula is C18H22N4O2S. The van der Waals surface area contributed by atoms with Crippen molar-refractivity contribution in [2.24, 2.45) is 7.05 Å². The number of H-pyrrole nitrogens is 1. The summed E-state index contributed by atoms with van der Waals surface area (Å²) in [6.45, 7) is 6.43. The molecule has 3 rings (SSSR count). The highest BCUT2D eigenvalue weighted by atomic mass is 32.1. The minimum atomic E-state index is -0.144. The monoisotopic (exact) mass is 358 g/mol. The third-order valence-electron chi connectivity index (χ3n) is 4.41. The highest BCUT2D eigenvalue weighted by Gasteiger charge is 2.15. The lowest BCUT2D eigenvalue weighted by atomic mass is 10.0. The smallest absolute Gasteiger partial charge is 0.253 e. The van der Waals surface area contributed by atoms with Crippen molar-refractivity contribution in [2.75, 3.05) is 0 Å². The summed E-state index contributed by atoms with van der Waals surface area (Å²) in [5.74, 6) is -0.0483. The van der Waals surface area contributed by atoms with Crippen LogP contribution in [0, 0.1) is 20.8 Å². The third kappa shape index (κ3) is 3.51. The van der Waals surface area contributed by atoms with Crippen LogP contribution in [-0.2, 0) is 24.8 Å². The fraction of sp³-hybridized carbons (Fsp3) is 0.389. The standard InChI is InChI=1S/C18H22N4O2S/c1-10-5-6-13(25-10)9-19-15(23)8-7-14-11(2)16-12(3)21-22(4)17(16)20-18(14)24/h5-6H,7-9H2,1-4H3,(H,19,23)(H,20,24). The maximum atomic E-state index is 12.4. The molecule has 0 aromatic carbocycles. The lowest BCUT2D eigenvalue weighted by Crippen LogP contribution is -2.24. The first-order valence-electron chi connectivity index (χ1n) is 8.24. The van der Waals surface area contributed by atoms with Crippen molar-refractivity contribution in [1.82, 2.24) is 20.1 Å². The predicted molar refractivity (Wildman–Crippen MR) is 100 cm³/mol. The minimum Gasteiger partial charge on any atom is -0.351 e. The zero-order valence-electron chi connectivity index (χ0n) is 14.9. The number of hydrogen-bond donors (Lipinski definition) is 2. The number of nitrogens with zero attached hydrogens (tertiary/aromatic N) is 2. The lowest BCUT2D eigenvalue weighted by molar-refractivity contribution is -0.121. The van der Waals surface area contributed by atoms with Crippen LogP contribution in [0.15, 0.2) is 16.9 Å². The number of carbonyl (C=O) groups is 1. The second kappa shape index (κ2) is 6.84. The molecule has 0 atom stereocenters. The molecule has 0 aliphatic heterocycles. The number of hydrogen-bond acceptors (Lipinski definition) is 4. The van der Waals surface area contributed by atoms with Gasteiger partial charge in [0, 0.05) is 34.2 Å². The van der Waals surface area contributed by atoms with E-state index in [-0.39, 0.29) is 11.5 Å². The van der Waals surface area contributed by atoms with E-state index in [2.05, 4.69) is 15.4 Å². The van der Waals surface area contributed by atoms with Gasteiger partial charge in [0.1, 0.15) is 5.65 Å². The van der Waals surface area contributed by atoms with E-state index in [1.165, 1.54) is 4.88 Å². The number of aryl methyl sites for hydroxylation is 4. The average molecular weight is 358 g/mol. The fourth-order valence-corrected chi connectivity index (χ4v) is 3.98. The largest absolute Gasteiger partial charge is 0.351 e. The van der Waals surface area contributed by atoms with E-state index in [0.717, 1.165) is 27.2 Å². The highest BCUT2D eigenvalue weighted by Crippen LogP contribution is 2.21. The summed E-state index contributed by atoms with van der Waals surface area (Å²) in [5, 5.41) is 8.24. The Bertz CT molecular complexity index is 997. The molecule has 3 aromatic heterocycles. The van der Waals surface area contributed by atoms with Gasteiger partial charge in [-0.1, -0.05) is 0 Å². The average Bonchev–Trinajstić information content (AvgIpc) is 3.08. The van der Waals surface area contributed by atoms with Crippen LogP contribution in [-0.4, -0.2) is 20.7 Å². The number of carbonyl (C=O) groups excluding carboxylic acids is 1. The topological polar surface area (TPSA) is 79.8 Å². The number of aromatic amines is 1. The maximum Gasteiger partial charge on any atom is 0.253 e. The van der Waals surface area contributed by atoms with Gasteiger partial charge in [0.15, 0.2) is 0 Å². The van der Waals surface area contributed by atoms with Gasteiger partial charge < -0.3 is 10.3 Å². The molecule has 0 saturated heterocycles. The van der Waals surface area contributed by atoms with Crippen LogP contribution in [0.3, 0.4) is 0 Å². The van der Waals surface area contributed by atoms with Crippen LogP contribution < -0.4 is 10.9 Å². The Morgan fingerprint density at radius 1 is 1.32 bits per heavy atom. The zero-order chi connectivity index (χ0) is 18.1. The van der Waals surface area contributed by atoms with Gasteiger partial charge in [-0.2, -0.15) is 5.10 Å². The van der Waals surface area contributed by atoms with Crippen molar-refractivity contribution in [1.29, 1.82) is 0 Å². The van der Waals surface area contributed by atoms with Gasteiger partial charge in [0.2, 0.25) is 5.91 Å². The number of thiophene rings is 1. The number of aromatic nitrogens is 3. The number of pyridine rings is 1. The van der Waals surface area contributed by atoms with Crippen molar-refractivity contribution in [2.45, 2.75) is 40.2 Å². The summed E-state index contributed by atoms with van der Waals surface area (Å²) in [6, 6.07) is 4.06. The van der Waals surface area contributed by atoms with E-state index in [1.54, 1.807) is 16.0 Å². The maximum absolute atomic E-state index is 12.4. The normalized spacial score (nSPS) is 11.2. The van der Waals surface area contributed by atoms with E-state index >= 15 is 0 Å². The molecule has 0 fully saturated rings. The first-order chi connectivity index (χ1) is 11.9. The molecule has 3 aromatic rings. The van der Waals surface area contributed by atoms with Crippen molar-refractivity contribution >= 4 is 28.3 Å². The van der Waals surface area contributed by atoms with Gasteiger partial charge in [0.25, 0.3) is 5.56 Å². The summed E-state index contributed by atoms with van der Waals surface area (Å²) in [4.78, 5) is 29.7. The van der Waals surface area contributed by atoms with Crippen LogP contribution in [0.25, 0.3) is 11.0 Å². The molecule has 25 heavy (non-hydrogen) atoms. The minimum absolute atomic E-state index is 0.0483. The van der Waals surface area contributed by atoms with E-state index in [9.17, 15) is 9.59 Å². The van der Waals surface area contributed by atoms with Gasteiger partial charge in [-0.05, 0) is 44.9 Å². The van der Waals surface area contributed by atoms with E-state index in [1.807, 2.05) is 40.0 Å². The molecule has 1 amide bonds. The molecule has 0 unspecified atom stereocenters. The Morgan fingerprint density at radius 3 is 2.76 bits per heavy atom. The Hall–Kier alpha value is -2.41. The summed E-state index contributed by atoms with van der Waals surface area (Å²) in [6.07, 6.45) is 0.708. The molecule has 0 bridgehead atoms. The van der Waals surface area contributed by atoms with Crippen LogP contribution in [0.2, 0.25) is 0 Å². The van der Waals surface area contributed by atoms with Crippen LogP contribution >= 0.6 is 11.3 Å². The fourth-order valence-electron chi connectivity index (χ4n) is 3.15. The third-order valence-corrected chi connectivity index (χ3v) is 5.41. The van der Waals surface area contributed by atoms with Crippen LogP contribution in [0.4, 0.5) is 0 Å². The van der Waals surface area contributed by atoms with Gasteiger partial charge in [-0.25, -0.2) is 0 Å². The highest BCUT2D eigenvalue weighted by molar-refractivity contribution is 7.11. The molecule has 0 saturated carbocycles. The molecule has 0 radical (unpaired) electrons. The summed E-state index contributed by atoms with van der Waals surface area (Å²) in [7, 11) is 1.81. The van der Waals surface area contributed by atoms with Crippen molar-refractivity contribution < 1.29 is 4.79 Å². The zero-order valence-corrected chi connectivity index (χ0v) is 15.7. The lowest BCUT2D eigenvalue weighted by Gasteiger charge is -2.08. The first kappa shape index (κ1) is 17.4.